The molecule has 0 bridgehead atoms. The lowest BCUT2D eigenvalue weighted by atomic mass is 9.96. The number of piperidine rings is 1. The third-order valence-corrected chi connectivity index (χ3v) is 5.29. The molecule has 0 radical (unpaired) electrons. The molecule has 0 saturated carbocycles. The van der Waals surface area contributed by atoms with Gasteiger partial charge in [-0.3, -0.25) is 4.79 Å². The van der Waals surface area contributed by atoms with Gasteiger partial charge < -0.3 is 14.5 Å². The highest BCUT2D eigenvalue weighted by Gasteiger charge is 2.24. The average molecular weight is 384 g/mol. The first kappa shape index (κ1) is 20.3. The van der Waals surface area contributed by atoms with Crippen molar-refractivity contribution in [1.29, 1.82) is 0 Å². The van der Waals surface area contributed by atoms with E-state index in [1.807, 2.05) is 11.9 Å². The van der Waals surface area contributed by atoms with Crippen LogP contribution in [0, 0.1) is 11.7 Å². The van der Waals surface area contributed by atoms with Crippen LogP contribution < -0.4 is 4.74 Å². The fraction of sp³-hybridized carbons (Fsp3) is 0.435. The van der Waals surface area contributed by atoms with Crippen molar-refractivity contribution in [2.24, 2.45) is 5.92 Å². The van der Waals surface area contributed by atoms with Crippen LogP contribution >= 0.6 is 0 Å². The SMILES string of the molecule is CC(C)N1CCCC(CN(C)C(=O)c2cccc(Oc3ccc(F)cc3)c2)C1. The van der Waals surface area contributed by atoms with Crippen LogP contribution in [0.1, 0.15) is 37.0 Å². The Hall–Kier alpha value is -2.40. The standard InChI is InChI=1S/C23H29FN2O2/c1-17(2)26-13-5-6-18(16-26)15-25(3)23(27)19-7-4-8-22(14-19)28-21-11-9-20(24)10-12-21/h4,7-12,14,17-18H,5-6,13,15-16H2,1-3H3. The van der Waals surface area contributed by atoms with Gasteiger partial charge in [0.15, 0.2) is 0 Å². The van der Waals surface area contributed by atoms with Crippen LogP contribution in [0.3, 0.4) is 0 Å². The summed E-state index contributed by atoms with van der Waals surface area (Å²) in [6, 6.07) is 13.5. The van der Waals surface area contributed by atoms with Gasteiger partial charge >= 0.3 is 0 Å². The Morgan fingerprint density at radius 3 is 2.68 bits per heavy atom. The molecule has 1 heterocycles. The van der Waals surface area contributed by atoms with E-state index in [0.717, 1.165) is 26.1 Å². The van der Waals surface area contributed by atoms with E-state index >= 15 is 0 Å². The molecule has 1 saturated heterocycles. The summed E-state index contributed by atoms with van der Waals surface area (Å²) in [7, 11) is 1.87. The summed E-state index contributed by atoms with van der Waals surface area (Å²) in [6.45, 7) is 7.40. The van der Waals surface area contributed by atoms with E-state index in [-0.39, 0.29) is 11.7 Å². The molecule has 1 fully saturated rings. The Kier molecular flexibility index (Phi) is 6.68. The Morgan fingerprint density at radius 1 is 1.21 bits per heavy atom. The van der Waals surface area contributed by atoms with Crippen molar-refractivity contribution in [3.63, 3.8) is 0 Å². The number of amides is 1. The van der Waals surface area contributed by atoms with Crippen LogP contribution in [0.2, 0.25) is 0 Å². The molecule has 2 aromatic rings. The van der Waals surface area contributed by atoms with Crippen molar-refractivity contribution in [3.05, 3.63) is 59.9 Å². The summed E-state index contributed by atoms with van der Waals surface area (Å²) in [4.78, 5) is 17.2. The maximum absolute atomic E-state index is 13.0. The van der Waals surface area contributed by atoms with Gasteiger partial charge in [0.1, 0.15) is 17.3 Å². The Morgan fingerprint density at radius 2 is 1.96 bits per heavy atom. The van der Waals surface area contributed by atoms with Gasteiger partial charge in [-0.1, -0.05) is 6.07 Å². The molecule has 1 aliphatic heterocycles. The summed E-state index contributed by atoms with van der Waals surface area (Å²) in [5.41, 5.74) is 0.596. The number of rotatable bonds is 6. The van der Waals surface area contributed by atoms with E-state index in [2.05, 4.69) is 18.7 Å². The molecular formula is C23H29FN2O2. The van der Waals surface area contributed by atoms with Gasteiger partial charge in [0.05, 0.1) is 0 Å². The zero-order valence-electron chi connectivity index (χ0n) is 16.9. The van der Waals surface area contributed by atoms with Crippen molar-refractivity contribution < 1.29 is 13.9 Å². The van der Waals surface area contributed by atoms with Gasteiger partial charge in [-0.15, -0.1) is 0 Å². The van der Waals surface area contributed by atoms with E-state index in [4.69, 9.17) is 4.74 Å². The molecule has 28 heavy (non-hydrogen) atoms. The summed E-state index contributed by atoms with van der Waals surface area (Å²) >= 11 is 0. The van der Waals surface area contributed by atoms with Crippen LogP contribution in [0.4, 0.5) is 4.39 Å². The summed E-state index contributed by atoms with van der Waals surface area (Å²) in [6.07, 6.45) is 2.35. The van der Waals surface area contributed by atoms with Gasteiger partial charge in [0.25, 0.3) is 5.91 Å². The predicted molar refractivity (Wildman–Crippen MR) is 109 cm³/mol. The largest absolute Gasteiger partial charge is 0.457 e. The molecule has 1 aliphatic rings. The molecule has 0 N–H and O–H groups in total. The molecule has 1 amide bonds. The van der Waals surface area contributed by atoms with Gasteiger partial charge in [0, 0.05) is 31.7 Å². The highest BCUT2D eigenvalue weighted by Crippen LogP contribution is 2.24. The van der Waals surface area contributed by atoms with Gasteiger partial charge in [0.2, 0.25) is 0 Å². The zero-order valence-corrected chi connectivity index (χ0v) is 16.9. The number of likely N-dealkylation sites (tertiary alicyclic amines) is 1. The monoisotopic (exact) mass is 384 g/mol. The molecule has 5 heteroatoms. The Bertz CT molecular complexity index is 791. The van der Waals surface area contributed by atoms with E-state index in [9.17, 15) is 9.18 Å². The number of hydrogen-bond donors (Lipinski definition) is 0. The summed E-state index contributed by atoms with van der Waals surface area (Å²) in [5.74, 6) is 1.29. The van der Waals surface area contributed by atoms with E-state index < -0.39 is 0 Å². The Balaban J connectivity index is 1.62. The van der Waals surface area contributed by atoms with E-state index in [0.29, 0.717) is 29.0 Å². The first-order valence-electron chi connectivity index (χ1n) is 9.95. The van der Waals surface area contributed by atoms with Gasteiger partial charge in [-0.25, -0.2) is 4.39 Å². The van der Waals surface area contributed by atoms with Crippen LogP contribution in [0.15, 0.2) is 48.5 Å². The first-order valence-corrected chi connectivity index (χ1v) is 9.95. The van der Waals surface area contributed by atoms with Crippen LogP contribution in [0.5, 0.6) is 11.5 Å². The molecule has 1 unspecified atom stereocenters. The number of carbonyl (C=O) groups is 1. The second-order valence-electron chi connectivity index (χ2n) is 7.87. The van der Waals surface area contributed by atoms with Crippen LogP contribution in [0.25, 0.3) is 0 Å². The van der Waals surface area contributed by atoms with Gasteiger partial charge in [-0.05, 0) is 81.6 Å². The van der Waals surface area contributed by atoms with Crippen molar-refractivity contribution in [3.8, 4) is 11.5 Å². The number of carbonyl (C=O) groups excluding carboxylic acids is 1. The van der Waals surface area contributed by atoms with E-state index in [1.54, 1.807) is 36.4 Å². The molecule has 1 atom stereocenters. The lowest BCUT2D eigenvalue weighted by molar-refractivity contribution is 0.0708. The number of nitrogens with zero attached hydrogens (tertiary/aromatic N) is 2. The predicted octanol–water partition coefficient (Wildman–Crippen LogP) is 4.81. The molecule has 2 aromatic carbocycles. The quantitative estimate of drug-likeness (QED) is 0.716. The third kappa shape index (κ3) is 5.32. The minimum absolute atomic E-state index is 0.00812. The maximum Gasteiger partial charge on any atom is 0.253 e. The lowest BCUT2D eigenvalue weighted by Gasteiger charge is -2.37. The van der Waals surface area contributed by atoms with Crippen molar-refractivity contribution >= 4 is 5.91 Å². The molecule has 4 nitrogen and oxygen atoms in total. The lowest BCUT2D eigenvalue weighted by Crippen LogP contribution is -2.44. The molecular weight excluding hydrogens is 355 g/mol. The first-order chi connectivity index (χ1) is 13.4. The fourth-order valence-electron chi connectivity index (χ4n) is 3.74. The normalized spacial score (nSPS) is 17.5. The Labute approximate surface area is 166 Å². The molecule has 0 aromatic heterocycles. The molecule has 3 rings (SSSR count). The van der Waals surface area contributed by atoms with Crippen LogP contribution in [-0.4, -0.2) is 48.4 Å². The molecule has 0 aliphatic carbocycles. The minimum Gasteiger partial charge on any atom is -0.457 e. The maximum atomic E-state index is 13.0. The average Bonchev–Trinajstić information content (AvgIpc) is 2.69. The third-order valence-electron chi connectivity index (χ3n) is 5.29. The topological polar surface area (TPSA) is 32.8 Å². The van der Waals surface area contributed by atoms with Gasteiger partial charge in [-0.2, -0.15) is 0 Å². The summed E-state index contributed by atoms with van der Waals surface area (Å²) in [5, 5.41) is 0. The highest BCUT2D eigenvalue weighted by atomic mass is 19.1. The second-order valence-corrected chi connectivity index (χ2v) is 7.87. The smallest absolute Gasteiger partial charge is 0.253 e. The van der Waals surface area contributed by atoms with Crippen molar-refractivity contribution in [2.45, 2.75) is 32.7 Å². The van der Waals surface area contributed by atoms with Crippen LogP contribution in [-0.2, 0) is 0 Å². The molecule has 150 valence electrons. The number of halogens is 1. The zero-order chi connectivity index (χ0) is 20.1. The molecule has 0 spiro atoms. The number of benzene rings is 2. The minimum atomic E-state index is -0.309. The second kappa shape index (κ2) is 9.20. The number of ether oxygens (including phenoxy) is 1. The highest BCUT2D eigenvalue weighted by molar-refractivity contribution is 5.94. The fourth-order valence-corrected chi connectivity index (χ4v) is 3.74. The number of hydrogen-bond acceptors (Lipinski definition) is 3. The van der Waals surface area contributed by atoms with Crippen molar-refractivity contribution in [1.82, 2.24) is 9.80 Å². The van der Waals surface area contributed by atoms with Crippen molar-refractivity contribution in [2.75, 3.05) is 26.7 Å². The van der Waals surface area contributed by atoms with E-state index in [1.165, 1.54) is 18.6 Å². The summed E-state index contributed by atoms with van der Waals surface area (Å²) < 4.78 is 18.8.